The monoisotopic (exact) mass is 453 g/mol. The highest BCUT2D eigenvalue weighted by Crippen LogP contribution is 2.33. The summed E-state index contributed by atoms with van der Waals surface area (Å²) in [5.41, 5.74) is 3.73. The van der Waals surface area contributed by atoms with E-state index in [0.717, 1.165) is 24.0 Å². The summed E-state index contributed by atoms with van der Waals surface area (Å²) in [4.78, 5) is 0.339. The molecule has 0 aromatic heterocycles. The Morgan fingerprint density at radius 1 is 0.935 bits per heavy atom. The number of benzene rings is 3. The average Bonchev–Trinajstić information content (AvgIpc) is 2.80. The van der Waals surface area contributed by atoms with Crippen molar-refractivity contribution in [1.29, 1.82) is 0 Å². The zero-order valence-corrected chi connectivity index (χ0v) is 19.1. The van der Waals surface area contributed by atoms with E-state index < -0.39 is 9.84 Å². The van der Waals surface area contributed by atoms with Crippen LogP contribution in [0.1, 0.15) is 42.7 Å². The van der Waals surface area contributed by atoms with Gasteiger partial charge in [0.25, 0.3) is 0 Å². The first kappa shape index (κ1) is 21.9. The highest BCUT2D eigenvalue weighted by molar-refractivity contribution is 7.90. The van der Waals surface area contributed by atoms with Crippen LogP contribution >= 0.6 is 11.6 Å². The summed E-state index contributed by atoms with van der Waals surface area (Å²) in [5.74, 6) is 0.878. The summed E-state index contributed by atoms with van der Waals surface area (Å²) in [6.45, 7) is 0. The van der Waals surface area contributed by atoms with E-state index >= 15 is 0 Å². The number of halogens is 1. The van der Waals surface area contributed by atoms with Crippen molar-refractivity contribution in [3.63, 3.8) is 0 Å². The molecule has 4 rings (SSSR count). The van der Waals surface area contributed by atoms with Gasteiger partial charge < -0.3 is 4.74 Å². The molecule has 0 aliphatic heterocycles. The van der Waals surface area contributed by atoms with Crippen molar-refractivity contribution in [3.8, 4) is 16.9 Å². The molecule has 1 fully saturated rings. The summed E-state index contributed by atoms with van der Waals surface area (Å²) in [5, 5.41) is 0.661. The molecular weight excluding hydrogens is 428 g/mol. The molecule has 0 bridgehead atoms. The van der Waals surface area contributed by atoms with Gasteiger partial charge in [0.15, 0.2) is 9.84 Å². The lowest BCUT2D eigenvalue weighted by Gasteiger charge is -2.21. The summed E-state index contributed by atoms with van der Waals surface area (Å²) in [6, 6.07) is 20.5. The predicted octanol–water partition coefficient (Wildman–Crippen LogP) is 6.85. The average molecular weight is 454 g/mol. The van der Waals surface area contributed by atoms with E-state index in [9.17, 15) is 8.42 Å². The van der Waals surface area contributed by atoms with Gasteiger partial charge in [0.1, 0.15) is 5.75 Å². The molecule has 0 N–H and O–H groups in total. The molecule has 0 amide bonds. The van der Waals surface area contributed by atoms with Crippen LogP contribution < -0.4 is 4.74 Å². The van der Waals surface area contributed by atoms with Gasteiger partial charge in [-0.3, -0.25) is 0 Å². The molecule has 5 heteroatoms. The van der Waals surface area contributed by atoms with E-state index in [1.54, 1.807) is 19.2 Å². The Hall–Kier alpha value is -2.30. The molecule has 3 aromatic rings. The topological polar surface area (TPSA) is 43.4 Å². The number of sulfone groups is 1. The van der Waals surface area contributed by atoms with Gasteiger partial charge in [-0.05, 0) is 78.3 Å². The summed E-state index contributed by atoms with van der Waals surface area (Å²) < 4.78 is 31.8. The third-order valence-corrected chi connectivity index (χ3v) is 7.82. The van der Waals surface area contributed by atoms with Crippen LogP contribution in [0.25, 0.3) is 11.1 Å². The SMILES string of the molecule is COc1ccc(-c2ccc(Cl)cc2)cc1CS(=O)(=O)c1ccc(C2[CH]CCCC2)cc1. The second kappa shape index (κ2) is 9.46. The van der Waals surface area contributed by atoms with Crippen molar-refractivity contribution in [2.75, 3.05) is 7.11 Å². The number of hydrogen-bond donors (Lipinski definition) is 0. The minimum absolute atomic E-state index is 0.119. The van der Waals surface area contributed by atoms with Gasteiger partial charge in [-0.2, -0.15) is 0 Å². The normalized spacial score (nSPS) is 15.0. The van der Waals surface area contributed by atoms with Crippen LogP contribution in [0.2, 0.25) is 5.02 Å². The second-order valence-electron chi connectivity index (χ2n) is 7.99. The maximum atomic E-state index is 13.2. The first-order valence-corrected chi connectivity index (χ1v) is 12.6. The molecule has 1 unspecified atom stereocenters. The standard InChI is InChI=1S/C26H26ClO3S/c1-30-26-16-11-22(21-7-12-24(27)13-8-21)17-23(26)18-31(28,29)25-14-9-20(10-15-25)19-5-3-2-4-6-19/h5,7-17,19H,2-4,6,18H2,1H3. The van der Waals surface area contributed by atoms with E-state index in [1.165, 1.54) is 18.4 Å². The molecule has 1 saturated carbocycles. The molecular formula is C26H26ClO3S. The Morgan fingerprint density at radius 2 is 1.65 bits per heavy atom. The number of ether oxygens (including phenoxy) is 1. The lowest BCUT2D eigenvalue weighted by atomic mass is 9.84. The molecule has 0 saturated heterocycles. The van der Waals surface area contributed by atoms with Gasteiger partial charge >= 0.3 is 0 Å². The van der Waals surface area contributed by atoms with Crippen molar-refractivity contribution in [3.05, 3.63) is 89.3 Å². The molecule has 0 heterocycles. The second-order valence-corrected chi connectivity index (χ2v) is 10.4. The molecule has 1 aliphatic carbocycles. The molecule has 0 spiro atoms. The third kappa shape index (κ3) is 5.13. The maximum absolute atomic E-state index is 13.2. The summed E-state index contributed by atoms with van der Waals surface area (Å²) in [7, 11) is -1.95. The minimum atomic E-state index is -3.51. The fourth-order valence-corrected chi connectivity index (χ4v) is 5.65. The minimum Gasteiger partial charge on any atom is -0.496 e. The first-order chi connectivity index (χ1) is 15.0. The Kier molecular flexibility index (Phi) is 6.68. The van der Waals surface area contributed by atoms with Crippen molar-refractivity contribution in [2.24, 2.45) is 0 Å². The van der Waals surface area contributed by atoms with Crippen molar-refractivity contribution in [1.82, 2.24) is 0 Å². The number of methoxy groups -OCH3 is 1. The molecule has 1 atom stereocenters. The van der Waals surface area contributed by atoms with Gasteiger partial charge in [-0.25, -0.2) is 8.42 Å². The van der Waals surface area contributed by atoms with Crippen LogP contribution in [0.5, 0.6) is 5.75 Å². The van der Waals surface area contributed by atoms with Crippen LogP contribution in [0, 0.1) is 6.42 Å². The first-order valence-electron chi connectivity index (χ1n) is 10.6. The van der Waals surface area contributed by atoms with Gasteiger partial charge in [0.2, 0.25) is 0 Å². The van der Waals surface area contributed by atoms with Crippen LogP contribution in [0.15, 0.2) is 71.6 Å². The van der Waals surface area contributed by atoms with Crippen molar-refractivity contribution < 1.29 is 13.2 Å². The molecule has 31 heavy (non-hydrogen) atoms. The van der Waals surface area contributed by atoms with Crippen molar-refractivity contribution >= 4 is 21.4 Å². The number of rotatable bonds is 6. The highest BCUT2D eigenvalue weighted by atomic mass is 35.5. The maximum Gasteiger partial charge on any atom is 0.182 e. The summed E-state index contributed by atoms with van der Waals surface area (Å²) >= 11 is 5.99. The Bertz CT molecular complexity index is 1130. The van der Waals surface area contributed by atoms with E-state index in [-0.39, 0.29) is 5.75 Å². The molecule has 1 radical (unpaired) electrons. The Balaban J connectivity index is 1.59. The lowest BCUT2D eigenvalue weighted by Crippen LogP contribution is -2.08. The molecule has 3 nitrogen and oxygen atoms in total. The molecule has 161 valence electrons. The van der Waals surface area contributed by atoms with Crippen molar-refractivity contribution in [2.45, 2.75) is 42.2 Å². The highest BCUT2D eigenvalue weighted by Gasteiger charge is 2.21. The predicted molar refractivity (Wildman–Crippen MR) is 126 cm³/mol. The quantitative estimate of drug-likeness (QED) is 0.409. The molecule has 1 aliphatic rings. The smallest absolute Gasteiger partial charge is 0.182 e. The van der Waals surface area contributed by atoms with E-state index in [1.807, 2.05) is 54.6 Å². The largest absolute Gasteiger partial charge is 0.496 e. The van der Waals surface area contributed by atoms with Crippen LogP contribution in [-0.2, 0) is 15.6 Å². The van der Waals surface area contributed by atoms with E-state index in [2.05, 4.69) is 6.42 Å². The Labute approximate surface area is 190 Å². The molecule has 3 aromatic carbocycles. The van der Waals surface area contributed by atoms with Gasteiger partial charge in [-0.15, -0.1) is 0 Å². The fourth-order valence-electron chi connectivity index (χ4n) is 4.17. The van der Waals surface area contributed by atoms with Crippen LogP contribution in [0.3, 0.4) is 0 Å². The van der Waals surface area contributed by atoms with Crippen LogP contribution in [0.4, 0.5) is 0 Å². The summed E-state index contributed by atoms with van der Waals surface area (Å²) in [6.07, 6.45) is 7.10. The Morgan fingerprint density at radius 3 is 2.29 bits per heavy atom. The van der Waals surface area contributed by atoms with Gasteiger partial charge in [0.05, 0.1) is 17.8 Å². The van der Waals surface area contributed by atoms with Crippen LogP contribution in [-0.4, -0.2) is 15.5 Å². The zero-order valence-electron chi connectivity index (χ0n) is 17.6. The van der Waals surface area contributed by atoms with E-state index in [0.29, 0.717) is 27.1 Å². The lowest BCUT2D eigenvalue weighted by molar-refractivity contribution is 0.411. The zero-order chi connectivity index (χ0) is 21.8. The fraction of sp³-hybridized carbons (Fsp3) is 0.269. The third-order valence-electron chi connectivity index (χ3n) is 5.89. The van der Waals surface area contributed by atoms with Gasteiger partial charge in [-0.1, -0.05) is 54.8 Å². The number of hydrogen-bond acceptors (Lipinski definition) is 3. The van der Waals surface area contributed by atoms with Gasteiger partial charge in [0, 0.05) is 10.6 Å². The van der Waals surface area contributed by atoms with E-state index in [4.69, 9.17) is 16.3 Å².